The summed E-state index contributed by atoms with van der Waals surface area (Å²) in [6, 6.07) is -0.160. The molecule has 1 fully saturated rings. The highest BCUT2D eigenvalue weighted by atomic mass is 32.2. The molecular formula is C12H22N2O3S. The molecular weight excluding hydrogens is 252 g/mol. The molecule has 6 heteroatoms. The van der Waals surface area contributed by atoms with E-state index >= 15 is 0 Å². The second-order valence-corrected chi connectivity index (χ2v) is 6.96. The third-order valence-electron chi connectivity index (χ3n) is 3.43. The first-order valence-corrected chi connectivity index (χ1v) is 7.30. The summed E-state index contributed by atoms with van der Waals surface area (Å²) in [7, 11) is 0. The van der Waals surface area contributed by atoms with Gasteiger partial charge in [0.15, 0.2) is 0 Å². The molecule has 0 aromatic rings. The number of nitrogens with one attached hydrogen (secondary N) is 1. The second kappa shape index (κ2) is 5.82. The molecule has 18 heavy (non-hydrogen) atoms. The molecule has 0 aliphatic carbocycles. The van der Waals surface area contributed by atoms with Crippen molar-refractivity contribution in [3.63, 3.8) is 0 Å². The van der Waals surface area contributed by atoms with E-state index in [1.165, 1.54) is 0 Å². The van der Waals surface area contributed by atoms with E-state index in [2.05, 4.69) is 19.2 Å². The van der Waals surface area contributed by atoms with Crippen molar-refractivity contribution in [3.05, 3.63) is 0 Å². The molecule has 0 aromatic heterocycles. The highest BCUT2D eigenvalue weighted by molar-refractivity contribution is 7.99. The van der Waals surface area contributed by atoms with Crippen molar-refractivity contribution in [2.24, 2.45) is 11.8 Å². The first-order chi connectivity index (χ1) is 8.26. The highest BCUT2D eigenvalue weighted by Crippen LogP contribution is 2.24. The van der Waals surface area contributed by atoms with Crippen LogP contribution in [0.25, 0.3) is 0 Å². The number of amides is 2. The number of rotatable bonds is 4. The summed E-state index contributed by atoms with van der Waals surface area (Å²) in [5.74, 6) is -1.24. The molecule has 2 amide bonds. The van der Waals surface area contributed by atoms with Crippen molar-refractivity contribution >= 4 is 23.8 Å². The van der Waals surface area contributed by atoms with E-state index in [0.29, 0.717) is 19.6 Å². The van der Waals surface area contributed by atoms with Crippen molar-refractivity contribution in [2.75, 3.05) is 25.9 Å². The Hall–Kier alpha value is -0.910. The van der Waals surface area contributed by atoms with Crippen molar-refractivity contribution in [1.82, 2.24) is 10.2 Å². The molecule has 1 aliphatic rings. The SMILES string of the molecule is CSC(C)(C)CNC(=O)N1CC(C)C(C(=O)O)C1. The van der Waals surface area contributed by atoms with Gasteiger partial charge in [0.1, 0.15) is 0 Å². The average Bonchev–Trinajstić information content (AvgIpc) is 2.68. The number of carboxylic acids is 1. The lowest BCUT2D eigenvalue weighted by Gasteiger charge is -2.24. The minimum Gasteiger partial charge on any atom is -0.481 e. The number of likely N-dealkylation sites (tertiary alicyclic amines) is 1. The lowest BCUT2D eigenvalue weighted by Crippen LogP contribution is -2.44. The van der Waals surface area contributed by atoms with Gasteiger partial charge in [0, 0.05) is 24.4 Å². The maximum Gasteiger partial charge on any atom is 0.317 e. The highest BCUT2D eigenvalue weighted by Gasteiger charge is 2.37. The monoisotopic (exact) mass is 274 g/mol. The fourth-order valence-electron chi connectivity index (χ4n) is 1.93. The van der Waals surface area contributed by atoms with Gasteiger partial charge in [-0.3, -0.25) is 4.79 Å². The number of aliphatic carboxylic acids is 1. The summed E-state index contributed by atoms with van der Waals surface area (Å²) in [6.45, 7) is 7.40. The molecule has 0 radical (unpaired) electrons. The quantitative estimate of drug-likeness (QED) is 0.815. The molecule has 2 unspecified atom stereocenters. The van der Waals surface area contributed by atoms with Crippen LogP contribution < -0.4 is 5.32 Å². The standard InChI is InChI=1S/C12H22N2O3S/c1-8-5-14(6-9(8)10(15)16)11(17)13-7-12(2,3)18-4/h8-9H,5-7H2,1-4H3,(H,13,17)(H,15,16). The van der Waals surface area contributed by atoms with E-state index in [9.17, 15) is 9.59 Å². The molecule has 5 nitrogen and oxygen atoms in total. The molecule has 0 aromatic carbocycles. The van der Waals surface area contributed by atoms with Crippen LogP contribution in [-0.4, -0.2) is 52.6 Å². The summed E-state index contributed by atoms with van der Waals surface area (Å²) in [6.07, 6.45) is 2.00. The van der Waals surface area contributed by atoms with Crippen LogP contribution in [0.1, 0.15) is 20.8 Å². The molecule has 1 heterocycles. The van der Waals surface area contributed by atoms with E-state index in [-0.39, 0.29) is 16.7 Å². The van der Waals surface area contributed by atoms with Gasteiger partial charge in [-0.25, -0.2) is 4.79 Å². The number of carboxylic acid groups (broad SMARTS) is 1. The molecule has 2 N–H and O–H groups in total. The number of carbonyl (C=O) groups is 2. The van der Waals surface area contributed by atoms with Crippen molar-refractivity contribution in [2.45, 2.75) is 25.5 Å². The molecule has 0 spiro atoms. The number of carbonyl (C=O) groups excluding carboxylic acids is 1. The van der Waals surface area contributed by atoms with Gasteiger partial charge in [-0.1, -0.05) is 6.92 Å². The Morgan fingerprint density at radius 3 is 2.50 bits per heavy atom. The minimum absolute atomic E-state index is 0.00675. The third-order valence-corrected chi connectivity index (χ3v) is 4.68. The Kier molecular flexibility index (Phi) is 4.90. The zero-order chi connectivity index (χ0) is 13.9. The Labute approximate surface area is 112 Å². The van der Waals surface area contributed by atoms with Crippen LogP contribution in [-0.2, 0) is 4.79 Å². The van der Waals surface area contributed by atoms with Crippen molar-refractivity contribution < 1.29 is 14.7 Å². The average molecular weight is 274 g/mol. The molecule has 1 aliphatic heterocycles. The van der Waals surface area contributed by atoms with Gasteiger partial charge >= 0.3 is 12.0 Å². The zero-order valence-electron chi connectivity index (χ0n) is 11.4. The second-order valence-electron chi connectivity index (χ2n) is 5.45. The van der Waals surface area contributed by atoms with E-state index in [1.807, 2.05) is 13.2 Å². The van der Waals surface area contributed by atoms with E-state index in [4.69, 9.17) is 5.11 Å². The van der Waals surface area contributed by atoms with E-state index in [1.54, 1.807) is 16.7 Å². The predicted molar refractivity (Wildman–Crippen MR) is 72.9 cm³/mol. The summed E-state index contributed by atoms with van der Waals surface area (Å²) in [5, 5.41) is 11.9. The number of hydrogen-bond acceptors (Lipinski definition) is 3. The van der Waals surface area contributed by atoms with Gasteiger partial charge in [0.2, 0.25) is 0 Å². The number of thioether (sulfide) groups is 1. The lowest BCUT2D eigenvalue weighted by molar-refractivity contribution is -0.142. The first-order valence-electron chi connectivity index (χ1n) is 6.07. The Morgan fingerprint density at radius 2 is 2.06 bits per heavy atom. The first kappa shape index (κ1) is 15.1. The van der Waals surface area contributed by atoms with Gasteiger partial charge in [-0.15, -0.1) is 0 Å². The van der Waals surface area contributed by atoms with Crippen LogP contribution in [0.2, 0.25) is 0 Å². The molecule has 0 bridgehead atoms. The molecule has 1 saturated heterocycles. The minimum atomic E-state index is -0.817. The molecule has 1 rings (SSSR count). The van der Waals surface area contributed by atoms with Gasteiger partial charge in [0.25, 0.3) is 0 Å². The fourth-order valence-corrected chi connectivity index (χ4v) is 2.14. The van der Waals surface area contributed by atoms with Crippen LogP contribution in [0.4, 0.5) is 4.79 Å². The summed E-state index contributed by atoms with van der Waals surface area (Å²) in [4.78, 5) is 24.5. The Morgan fingerprint density at radius 1 is 1.44 bits per heavy atom. The van der Waals surface area contributed by atoms with E-state index < -0.39 is 11.9 Å². The number of urea groups is 1. The number of nitrogens with zero attached hydrogens (tertiary/aromatic N) is 1. The predicted octanol–water partition coefficient (Wildman–Crippen LogP) is 1.49. The van der Waals surface area contributed by atoms with Crippen molar-refractivity contribution in [3.8, 4) is 0 Å². The molecule has 0 saturated carbocycles. The largest absolute Gasteiger partial charge is 0.481 e. The van der Waals surface area contributed by atoms with E-state index in [0.717, 1.165) is 0 Å². The Bertz CT molecular complexity index is 333. The van der Waals surface area contributed by atoms with Crippen LogP contribution in [0, 0.1) is 11.8 Å². The normalized spacial score (nSPS) is 24.1. The smallest absolute Gasteiger partial charge is 0.317 e. The van der Waals surface area contributed by atoms with Gasteiger partial charge in [-0.2, -0.15) is 11.8 Å². The van der Waals surface area contributed by atoms with Crippen LogP contribution >= 0.6 is 11.8 Å². The Balaban J connectivity index is 2.47. The van der Waals surface area contributed by atoms with Gasteiger partial charge in [0.05, 0.1) is 5.92 Å². The zero-order valence-corrected chi connectivity index (χ0v) is 12.2. The summed E-state index contributed by atoms with van der Waals surface area (Å²) >= 11 is 1.69. The van der Waals surface area contributed by atoms with Crippen LogP contribution in [0.3, 0.4) is 0 Å². The number of hydrogen-bond donors (Lipinski definition) is 2. The topological polar surface area (TPSA) is 69.6 Å². The fraction of sp³-hybridized carbons (Fsp3) is 0.833. The van der Waals surface area contributed by atoms with Gasteiger partial charge in [-0.05, 0) is 26.0 Å². The molecule has 104 valence electrons. The maximum atomic E-state index is 11.9. The summed E-state index contributed by atoms with van der Waals surface area (Å²) < 4.78 is -0.00675. The third kappa shape index (κ3) is 3.80. The molecule has 2 atom stereocenters. The van der Waals surface area contributed by atoms with Gasteiger partial charge < -0.3 is 15.3 Å². The lowest BCUT2D eigenvalue weighted by atomic mass is 9.99. The van der Waals surface area contributed by atoms with Crippen LogP contribution in [0.5, 0.6) is 0 Å². The maximum absolute atomic E-state index is 11.9. The van der Waals surface area contributed by atoms with Crippen molar-refractivity contribution in [1.29, 1.82) is 0 Å². The van der Waals surface area contributed by atoms with Crippen LogP contribution in [0.15, 0.2) is 0 Å². The summed E-state index contributed by atoms with van der Waals surface area (Å²) in [5.41, 5.74) is 0.